The molecular formula is C22H28ClF5N6O4. The van der Waals surface area contributed by atoms with Gasteiger partial charge in [-0.05, 0) is 18.9 Å². The first kappa shape index (κ1) is 30.9. The van der Waals surface area contributed by atoms with Crippen LogP contribution in [0.4, 0.5) is 27.8 Å². The fourth-order valence-electron chi connectivity index (χ4n) is 3.84. The Balaban J connectivity index is 0.00000507. The minimum atomic E-state index is -4.79. The zero-order valence-corrected chi connectivity index (χ0v) is 21.5. The number of amides is 2. The molecule has 16 heteroatoms. The highest BCUT2D eigenvalue weighted by Crippen LogP contribution is 2.29. The lowest BCUT2D eigenvalue weighted by Gasteiger charge is -2.30. The highest BCUT2D eigenvalue weighted by Gasteiger charge is 2.39. The van der Waals surface area contributed by atoms with Gasteiger partial charge in [0.2, 0.25) is 11.8 Å². The molecule has 3 rings (SSSR count). The van der Waals surface area contributed by atoms with Crippen molar-refractivity contribution in [3.8, 4) is 5.88 Å². The first-order valence-electron chi connectivity index (χ1n) is 11.4. The number of carbonyl (C=O) groups excluding carboxylic acids is 2. The monoisotopic (exact) mass is 570 g/mol. The molecule has 3 heterocycles. The van der Waals surface area contributed by atoms with E-state index < -0.39 is 59.8 Å². The second-order valence-corrected chi connectivity index (χ2v) is 9.29. The quantitative estimate of drug-likeness (QED) is 0.361. The third kappa shape index (κ3) is 6.37. The average molecular weight is 571 g/mol. The molecule has 1 aliphatic rings. The van der Waals surface area contributed by atoms with E-state index in [1.165, 1.54) is 11.0 Å². The smallest absolute Gasteiger partial charge is 0.408 e. The number of aromatic nitrogens is 3. The molecule has 4 N–H and O–H groups in total. The molecule has 10 nitrogen and oxygen atoms in total. The SMILES string of the molecule is CC(C)Cn1c(=O)c(C(=O)NC(C)C(F)(F)F)c(O)n2nc(N)c(C=CC(=O)N3CCC(F)(F)CC3)c12.Cl. The number of piperidine rings is 1. The van der Waals surface area contributed by atoms with Gasteiger partial charge in [-0.2, -0.15) is 17.7 Å². The van der Waals surface area contributed by atoms with Crippen molar-refractivity contribution in [2.45, 2.75) is 58.3 Å². The van der Waals surface area contributed by atoms with E-state index in [0.29, 0.717) is 6.92 Å². The number of hydrogen-bond donors (Lipinski definition) is 3. The normalized spacial score (nSPS) is 16.6. The number of rotatable bonds is 6. The van der Waals surface area contributed by atoms with Crippen molar-refractivity contribution in [1.82, 2.24) is 24.4 Å². The molecule has 2 aromatic rings. The fourth-order valence-corrected chi connectivity index (χ4v) is 3.84. The second-order valence-electron chi connectivity index (χ2n) is 9.29. The van der Waals surface area contributed by atoms with Gasteiger partial charge in [-0.15, -0.1) is 17.5 Å². The number of likely N-dealkylation sites (tertiary alicyclic amines) is 1. The van der Waals surface area contributed by atoms with Gasteiger partial charge in [-0.3, -0.25) is 19.0 Å². The maximum atomic E-state index is 13.4. The van der Waals surface area contributed by atoms with Gasteiger partial charge in [0.25, 0.3) is 17.4 Å². The highest BCUT2D eigenvalue weighted by atomic mass is 35.5. The minimum Gasteiger partial charge on any atom is -0.492 e. The van der Waals surface area contributed by atoms with Crippen LogP contribution in [0.5, 0.6) is 5.88 Å². The molecule has 1 atom stereocenters. The molecule has 0 aromatic carbocycles. The van der Waals surface area contributed by atoms with Crippen LogP contribution in [0.1, 0.15) is 49.5 Å². The molecule has 212 valence electrons. The van der Waals surface area contributed by atoms with E-state index in [4.69, 9.17) is 5.73 Å². The summed E-state index contributed by atoms with van der Waals surface area (Å²) in [5.74, 6) is -6.41. The van der Waals surface area contributed by atoms with Crippen molar-refractivity contribution < 1.29 is 36.6 Å². The third-order valence-electron chi connectivity index (χ3n) is 5.88. The maximum Gasteiger partial charge on any atom is 0.408 e. The first-order valence-corrected chi connectivity index (χ1v) is 11.4. The fraction of sp³-hybridized carbons (Fsp3) is 0.545. The molecule has 0 radical (unpaired) electrons. The van der Waals surface area contributed by atoms with E-state index in [-0.39, 0.29) is 55.0 Å². The van der Waals surface area contributed by atoms with E-state index in [9.17, 15) is 41.4 Å². The van der Waals surface area contributed by atoms with Crippen molar-refractivity contribution in [1.29, 1.82) is 0 Å². The lowest BCUT2D eigenvalue weighted by atomic mass is 10.1. The lowest BCUT2D eigenvalue weighted by Crippen LogP contribution is -2.45. The Morgan fingerprint density at radius 3 is 2.32 bits per heavy atom. The number of aromatic hydroxyl groups is 1. The number of nitrogens with one attached hydrogen (secondary N) is 1. The average Bonchev–Trinajstić information content (AvgIpc) is 3.10. The Labute approximate surface area is 219 Å². The number of nitrogen functional groups attached to an aromatic ring is 1. The summed E-state index contributed by atoms with van der Waals surface area (Å²) in [6, 6.07) is -2.31. The van der Waals surface area contributed by atoms with Crippen LogP contribution in [0.3, 0.4) is 0 Å². The van der Waals surface area contributed by atoms with E-state index in [0.717, 1.165) is 15.2 Å². The van der Waals surface area contributed by atoms with E-state index in [1.807, 2.05) is 0 Å². The molecule has 0 saturated carbocycles. The molecular weight excluding hydrogens is 543 g/mol. The van der Waals surface area contributed by atoms with Gasteiger partial charge in [0.1, 0.15) is 6.04 Å². The summed E-state index contributed by atoms with van der Waals surface area (Å²) in [5.41, 5.74) is 3.80. The Kier molecular flexibility index (Phi) is 9.07. The predicted molar refractivity (Wildman–Crippen MR) is 130 cm³/mol. The molecule has 1 saturated heterocycles. The van der Waals surface area contributed by atoms with Crippen LogP contribution in [-0.2, 0) is 11.3 Å². The topological polar surface area (TPSA) is 135 Å². The van der Waals surface area contributed by atoms with Crippen LogP contribution < -0.4 is 16.6 Å². The summed E-state index contributed by atoms with van der Waals surface area (Å²) in [6.07, 6.45) is -3.50. The van der Waals surface area contributed by atoms with Gasteiger partial charge in [0, 0.05) is 38.6 Å². The van der Waals surface area contributed by atoms with Gasteiger partial charge in [-0.25, -0.2) is 8.78 Å². The number of alkyl halides is 5. The molecule has 1 fully saturated rings. The van der Waals surface area contributed by atoms with E-state index in [1.54, 1.807) is 19.2 Å². The van der Waals surface area contributed by atoms with E-state index >= 15 is 0 Å². The minimum absolute atomic E-state index is 0. The van der Waals surface area contributed by atoms with Crippen LogP contribution >= 0.6 is 12.4 Å². The van der Waals surface area contributed by atoms with Gasteiger partial charge in [0.05, 0.1) is 5.56 Å². The molecule has 38 heavy (non-hydrogen) atoms. The Morgan fingerprint density at radius 2 is 1.79 bits per heavy atom. The van der Waals surface area contributed by atoms with Crippen molar-refractivity contribution in [2.75, 3.05) is 18.8 Å². The maximum absolute atomic E-state index is 13.4. The number of nitrogens with two attached hydrogens (primary N) is 1. The van der Waals surface area contributed by atoms with Crippen LogP contribution in [0, 0.1) is 5.92 Å². The third-order valence-corrected chi connectivity index (χ3v) is 5.88. The lowest BCUT2D eigenvalue weighted by molar-refractivity contribution is -0.149. The van der Waals surface area contributed by atoms with Gasteiger partial charge >= 0.3 is 6.18 Å². The number of fused-ring (bicyclic) bond motifs is 1. The number of anilines is 1. The summed E-state index contributed by atoms with van der Waals surface area (Å²) in [4.78, 5) is 39.6. The molecule has 1 aliphatic heterocycles. The standard InChI is InChI=1S/C22H27F5N6O4.ClH/c1-11(2)10-32-18-13(4-5-14(34)31-8-6-21(23,24)7-9-31)16(28)30-33(18)20(37)15(19(32)36)17(35)29-12(3)22(25,26)27;/h4-5,11-12,37H,6-10H2,1-3H3,(H2,28,30)(H,29,35);1H. The molecule has 1 unspecified atom stereocenters. The Bertz CT molecular complexity index is 1290. The highest BCUT2D eigenvalue weighted by molar-refractivity contribution is 5.97. The van der Waals surface area contributed by atoms with Crippen molar-refractivity contribution in [2.24, 2.45) is 5.92 Å². The number of nitrogens with zero attached hydrogens (tertiary/aromatic N) is 4. The van der Waals surface area contributed by atoms with Gasteiger partial charge < -0.3 is 21.1 Å². The largest absolute Gasteiger partial charge is 0.492 e. The van der Waals surface area contributed by atoms with Gasteiger partial charge in [0.15, 0.2) is 17.0 Å². The molecule has 2 amide bonds. The first-order chi connectivity index (χ1) is 17.0. The van der Waals surface area contributed by atoms with Crippen molar-refractivity contribution in [3.63, 3.8) is 0 Å². The summed E-state index contributed by atoms with van der Waals surface area (Å²) < 4.78 is 67.4. The summed E-state index contributed by atoms with van der Waals surface area (Å²) >= 11 is 0. The molecule has 0 aliphatic carbocycles. The Hall–Kier alpha value is -3.36. The van der Waals surface area contributed by atoms with Crippen LogP contribution in [0.15, 0.2) is 10.9 Å². The number of halogens is 6. The number of hydrogen-bond acceptors (Lipinski definition) is 6. The Morgan fingerprint density at radius 1 is 1.21 bits per heavy atom. The van der Waals surface area contributed by atoms with Crippen LogP contribution in [0.2, 0.25) is 0 Å². The summed E-state index contributed by atoms with van der Waals surface area (Å²) in [5, 5.41) is 16.2. The van der Waals surface area contributed by atoms with Crippen LogP contribution in [-0.4, -0.2) is 67.2 Å². The zero-order valence-electron chi connectivity index (χ0n) is 20.7. The molecule has 2 aromatic heterocycles. The summed E-state index contributed by atoms with van der Waals surface area (Å²) in [6.45, 7) is 3.77. The summed E-state index contributed by atoms with van der Waals surface area (Å²) in [7, 11) is 0. The molecule has 0 spiro atoms. The number of carbonyl (C=O) groups is 2. The zero-order chi connectivity index (χ0) is 27.9. The second kappa shape index (κ2) is 11.2. The van der Waals surface area contributed by atoms with Crippen molar-refractivity contribution in [3.05, 3.63) is 27.6 Å². The van der Waals surface area contributed by atoms with Crippen molar-refractivity contribution >= 4 is 41.8 Å². The van der Waals surface area contributed by atoms with Gasteiger partial charge in [-0.1, -0.05) is 13.8 Å². The van der Waals surface area contributed by atoms with Crippen LogP contribution in [0.25, 0.3) is 11.7 Å². The molecule has 0 bridgehead atoms. The van der Waals surface area contributed by atoms with E-state index in [2.05, 4.69) is 5.10 Å². The predicted octanol–water partition coefficient (Wildman–Crippen LogP) is 2.81.